The van der Waals surface area contributed by atoms with Crippen LogP contribution < -0.4 is 0 Å². The van der Waals surface area contributed by atoms with Gasteiger partial charge in [-0.25, -0.2) is 8.42 Å². The van der Waals surface area contributed by atoms with Crippen LogP contribution in [0.5, 0.6) is 0 Å². The molecule has 0 saturated carbocycles. The topological polar surface area (TPSA) is 91.2 Å². The monoisotopic (exact) mass is 261 g/mol. The molecule has 0 aromatic carbocycles. The third-order valence-electron chi connectivity index (χ3n) is 2.13. The van der Waals surface area contributed by atoms with E-state index in [9.17, 15) is 13.2 Å². The van der Waals surface area contributed by atoms with E-state index in [2.05, 4.69) is 15.0 Å². The minimum absolute atomic E-state index is 0.220. The van der Waals surface area contributed by atoms with Crippen molar-refractivity contribution < 1.29 is 17.9 Å². The number of hydrogen-bond acceptors (Lipinski definition) is 6. The van der Waals surface area contributed by atoms with Gasteiger partial charge in [-0.05, 0) is 0 Å². The SMILES string of the molecule is COC(=O)C(C)CS(=O)(=O)Cc1cn(C)nn1. The van der Waals surface area contributed by atoms with Crippen LogP contribution in [0.2, 0.25) is 0 Å². The maximum Gasteiger partial charge on any atom is 0.309 e. The number of carbonyl (C=O) groups is 1. The fourth-order valence-electron chi connectivity index (χ4n) is 1.40. The van der Waals surface area contributed by atoms with E-state index in [4.69, 9.17) is 0 Å². The highest BCUT2D eigenvalue weighted by Crippen LogP contribution is 2.08. The van der Waals surface area contributed by atoms with E-state index in [0.717, 1.165) is 0 Å². The van der Waals surface area contributed by atoms with Crippen LogP contribution in [-0.2, 0) is 32.2 Å². The third-order valence-corrected chi connectivity index (χ3v) is 3.87. The molecule has 1 aromatic rings. The Bertz CT molecular complexity index is 494. The van der Waals surface area contributed by atoms with Gasteiger partial charge in [0.25, 0.3) is 0 Å². The van der Waals surface area contributed by atoms with Crippen molar-refractivity contribution in [1.82, 2.24) is 15.0 Å². The number of hydrogen-bond donors (Lipinski definition) is 0. The maximum atomic E-state index is 11.8. The van der Waals surface area contributed by atoms with Gasteiger partial charge in [0.05, 0.1) is 30.2 Å². The molecule has 0 radical (unpaired) electrons. The van der Waals surface area contributed by atoms with E-state index in [0.29, 0.717) is 5.69 Å². The molecule has 17 heavy (non-hydrogen) atoms. The van der Waals surface area contributed by atoms with Crippen molar-refractivity contribution in [3.8, 4) is 0 Å². The standard InChI is InChI=1S/C9H15N3O4S/c1-7(9(13)16-3)5-17(14,15)6-8-4-12(2)11-10-8/h4,7H,5-6H2,1-3H3. The number of aryl methyl sites for hydroxylation is 1. The predicted octanol–water partition coefficient (Wildman–Crippen LogP) is -0.461. The Morgan fingerprint density at radius 3 is 2.71 bits per heavy atom. The van der Waals surface area contributed by atoms with Gasteiger partial charge in [-0.15, -0.1) is 5.10 Å². The second kappa shape index (κ2) is 5.26. The van der Waals surface area contributed by atoms with Crippen molar-refractivity contribution in [2.75, 3.05) is 12.9 Å². The average molecular weight is 261 g/mol. The van der Waals surface area contributed by atoms with Crippen LogP contribution in [0.4, 0.5) is 0 Å². The van der Waals surface area contributed by atoms with E-state index in [1.807, 2.05) is 0 Å². The normalized spacial score (nSPS) is 13.4. The molecule has 1 heterocycles. The van der Waals surface area contributed by atoms with E-state index >= 15 is 0 Å². The van der Waals surface area contributed by atoms with Crippen molar-refractivity contribution >= 4 is 15.8 Å². The summed E-state index contributed by atoms with van der Waals surface area (Å²) < 4.78 is 29.4. The molecule has 0 fully saturated rings. The van der Waals surface area contributed by atoms with Gasteiger partial charge < -0.3 is 4.74 Å². The summed E-state index contributed by atoms with van der Waals surface area (Å²) in [7, 11) is -0.509. The van der Waals surface area contributed by atoms with E-state index in [1.54, 1.807) is 7.05 Å². The minimum atomic E-state index is -3.39. The lowest BCUT2D eigenvalue weighted by Gasteiger charge is -2.08. The first kappa shape index (κ1) is 13.6. The molecule has 0 aliphatic rings. The molecule has 0 N–H and O–H groups in total. The van der Waals surface area contributed by atoms with Gasteiger partial charge in [-0.2, -0.15) is 0 Å². The molecule has 0 aliphatic heterocycles. The van der Waals surface area contributed by atoms with Gasteiger partial charge in [-0.3, -0.25) is 9.48 Å². The molecule has 8 heteroatoms. The van der Waals surface area contributed by atoms with Crippen molar-refractivity contribution in [3.63, 3.8) is 0 Å². The summed E-state index contributed by atoms with van der Waals surface area (Å²) in [6, 6.07) is 0. The zero-order valence-electron chi connectivity index (χ0n) is 9.95. The molecule has 96 valence electrons. The molecule has 1 rings (SSSR count). The third kappa shape index (κ3) is 4.14. The van der Waals surface area contributed by atoms with Crippen LogP contribution in [0.3, 0.4) is 0 Å². The first-order chi connectivity index (χ1) is 7.84. The van der Waals surface area contributed by atoms with Crippen molar-refractivity contribution in [2.24, 2.45) is 13.0 Å². The number of rotatable bonds is 5. The van der Waals surface area contributed by atoms with Gasteiger partial charge in [-0.1, -0.05) is 12.1 Å². The van der Waals surface area contributed by atoms with Crippen molar-refractivity contribution in [2.45, 2.75) is 12.7 Å². The van der Waals surface area contributed by atoms with Crippen molar-refractivity contribution in [1.29, 1.82) is 0 Å². The van der Waals surface area contributed by atoms with Crippen LogP contribution in [-0.4, -0.2) is 42.2 Å². The zero-order valence-corrected chi connectivity index (χ0v) is 10.8. The molecule has 1 atom stereocenters. The number of methoxy groups -OCH3 is 1. The van der Waals surface area contributed by atoms with Crippen LogP contribution >= 0.6 is 0 Å². The van der Waals surface area contributed by atoms with E-state index in [1.165, 1.54) is 24.9 Å². The second-order valence-corrected chi connectivity index (χ2v) is 5.97. The number of sulfone groups is 1. The molecular weight excluding hydrogens is 246 g/mol. The molecule has 0 saturated heterocycles. The lowest BCUT2D eigenvalue weighted by Crippen LogP contribution is -2.23. The Balaban J connectivity index is 2.66. The molecular formula is C9H15N3O4S. The number of aromatic nitrogens is 3. The summed E-state index contributed by atoms with van der Waals surface area (Å²) >= 11 is 0. The lowest BCUT2D eigenvalue weighted by atomic mass is 10.2. The summed E-state index contributed by atoms with van der Waals surface area (Å²) in [4.78, 5) is 11.1. The molecule has 0 bridgehead atoms. The Kier molecular flexibility index (Phi) is 4.22. The Hall–Kier alpha value is -1.44. The Morgan fingerprint density at radius 1 is 1.59 bits per heavy atom. The largest absolute Gasteiger partial charge is 0.469 e. The molecule has 0 spiro atoms. The highest BCUT2D eigenvalue weighted by atomic mass is 32.2. The fraction of sp³-hybridized carbons (Fsp3) is 0.667. The number of ether oxygens (including phenoxy) is 1. The fourth-order valence-corrected chi connectivity index (χ4v) is 2.99. The average Bonchev–Trinajstić information content (AvgIpc) is 2.60. The smallest absolute Gasteiger partial charge is 0.309 e. The van der Waals surface area contributed by atoms with Crippen LogP contribution in [0, 0.1) is 5.92 Å². The first-order valence-corrected chi connectivity index (χ1v) is 6.79. The minimum Gasteiger partial charge on any atom is -0.469 e. The Morgan fingerprint density at radius 2 is 2.24 bits per heavy atom. The van der Waals surface area contributed by atoms with Gasteiger partial charge in [0.1, 0.15) is 0 Å². The van der Waals surface area contributed by atoms with Gasteiger partial charge in [0, 0.05) is 13.2 Å². The number of carbonyl (C=O) groups excluding carboxylic acids is 1. The second-order valence-electron chi connectivity index (χ2n) is 3.86. The summed E-state index contributed by atoms with van der Waals surface area (Å²) in [6.07, 6.45) is 1.53. The Labute approximate surface area is 99.7 Å². The first-order valence-electron chi connectivity index (χ1n) is 4.97. The highest BCUT2D eigenvalue weighted by molar-refractivity contribution is 7.90. The molecule has 0 aliphatic carbocycles. The molecule has 7 nitrogen and oxygen atoms in total. The van der Waals surface area contributed by atoms with Gasteiger partial charge >= 0.3 is 5.97 Å². The highest BCUT2D eigenvalue weighted by Gasteiger charge is 2.23. The molecule has 1 aromatic heterocycles. The van der Waals surface area contributed by atoms with Crippen LogP contribution in [0.15, 0.2) is 6.20 Å². The van der Waals surface area contributed by atoms with E-state index in [-0.39, 0.29) is 11.5 Å². The predicted molar refractivity (Wildman–Crippen MR) is 59.7 cm³/mol. The maximum absolute atomic E-state index is 11.8. The lowest BCUT2D eigenvalue weighted by molar-refractivity contribution is -0.144. The van der Waals surface area contributed by atoms with E-state index < -0.39 is 21.7 Å². The van der Waals surface area contributed by atoms with Gasteiger partial charge in [0.15, 0.2) is 9.84 Å². The number of esters is 1. The van der Waals surface area contributed by atoms with Crippen molar-refractivity contribution in [3.05, 3.63) is 11.9 Å². The summed E-state index contributed by atoms with van der Waals surface area (Å²) in [5.41, 5.74) is 0.365. The van der Waals surface area contributed by atoms with Gasteiger partial charge in [0.2, 0.25) is 0 Å². The van der Waals surface area contributed by atoms with Crippen LogP contribution in [0.1, 0.15) is 12.6 Å². The summed E-state index contributed by atoms with van der Waals surface area (Å²) in [6.45, 7) is 1.51. The quantitative estimate of drug-likeness (QED) is 0.666. The number of nitrogens with zero attached hydrogens (tertiary/aromatic N) is 3. The summed E-state index contributed by atoms with van der Waals surface area (Å²) in [5, 5.41) is 7.33. The summed E-state index contributed by atoms with van der Waals surface area (Å²) in [5.74, 6) is -1.69. The molecule has 1 unspecified atom stereocenters. The zero-order chi connectivity index (χ0) is 13.1. The molecule has 0 amide bonds. The van der Waals surface area contributed by atoms with Crippen LogP contribution in [0.25, 0.3) is 0 Å².